The molecule has 0 saturated carbocycles. The molecule has 4 heterocycles. The van der Waals surface area contributed by atoms with Crippen LogP contribution in [0.5, 0.6) is 0 Å². The highest BCUT2D eigenvalue weighted by molar-refractivity contribution is 7.89. The van der Waals surface area contributed by atoms with Crippen molar-refractivity contribution >= 4 is 44.7 Å². The maximum atomic E-state index is 13.1. The lowest BCUT2D eigenvalue weighted by Crippen LogP contribution is -2.49. The molecule has 2 fully saturated rings. The van der Waals surface area contributed by atoms with E-state index in [2.05, 4.69) is 4.98 Å². The van der Waals surface area contributed by atoms with Crippen LogP contribution >= 0.6 is 22.9 Å². The lowest BCUT2D eigenvalue weighted by Gasteiger charge is -2.35. The number of halogens is 1. The number of piperazine rings is 1. The molecule has 0 N–H and O–H groups in total. The summed E-state index contributed by atoms with van der Waals surface area (Å²) in [5.41, 5.74) is 0. The van der Waals surface area contributed by atoms with Gasteiger partial charge in [0, 0.05) is 45.5 Å². The molecule has 0 spiro atoms. The van der Waals surface area contributed by atoms with Gasteiger partial charge in [-0.1, -0.05) is 11.6 Å². The highest BCUT2D eigenvalue weighted by Crippen LogP contribution is 2.28. The van der Waals surface area contributed by atoms with Crippen LogP contribution in [0.25, 0.3) is 0 Å². The molecule has 0 aromatic carbocycles. The molecule has 8 nitrogen and oxygen atoms in total. The van der Waals surface area contributed by atoms with E-state index in [1.165, 1.54) is 21.7 Å². The molecule has 0 atom stereocenters. The molecule has 1 amide bonds. The summed E-state index contributed by atoms with van der Waals surface area (Å²) < 4.78 is 32.6. The predicted molar refractivity (Wildman–Crippen MR) is 111 cm³/mol. The molecular formula is C18H21ClN4O4S2. The zero-order valence-electron chi connectivity index (χ0n) is 15.7. The number of hydrogen-bond acceptors (Lipinski definition) is 7. The summed E-state index contributed by atoms with van der Waals surface area (Å²) in [6.45, 7) is 3.44. The van der Waals surface area contributed by atoms with Crippen molar-refractivity contribution in [3.63, 3.8) is 0 Å². The van der Waals surface area contributed by atoms with Crippen LogP contribution in [-0.2, 0) is 14.8 Å². The van der Waals surface area contributed by atoms with Crippen LogP contribution in [0.4, 0.5) is 5.82 Å². The standard InChI is InChI=1S/C18H21ClN4O4S2/c19-14-2-1-4-20-17(14)21-5-7-22(8-6-21)18(24)16-15(3-13-28-16)29(25,26)23-9-11-27-12-10-23/h1-4,13H,5-12H2. The molecule has 4 rings (SSSR count). The fourth-order valence-corrected chi connectivity index (χ4v) is 6.47. The largest absolute Gasteiger partial charge is 0.379 e. The van der Waals surface area contributed by atoms with Crippen molar-refractivity contribution < 1.29 is 17.9 Å². The van der Waals surface area contributed by atoms with Crippen LogP contribution in [-0.4, -0.2) is 81.0 Å². The lowest BCUT2D eigenvalue weighted by molar-refractivity contribution is 0.0724. The first-order chi connectivity index (χ1) is 14.0. The lowest BCUT2D eigenvalue weighted by atomic mass is 10.3. The number of ether oxygens (including phenoxy) is 1. The Morgan fingerprint density at radius 1 is 1.10 bits per heavy atom. The Balaban J connectivity index is 1.48. The Morgan fingerprint density at radius 3 is 2.52 bits per heavy atom. The Bertz CT molecular complexity index is 983. The Kier molecular flexibility index (Phi) is 6.07. The summed E-state index contributed by atoms with van der Waals surface area (Å²) >= 11 is 7.39. The highest BCUT2D eigenvalue weighted by Gasteiger charge is 2.33. The number of anilines is 1. The number of rotatable bonds is 4. The SMILES string of the molecule is O=C(c1sccc1S(=O)(=O)N1CCOCC1)N1CCN(c2ncccc2Cl)CC1. The second-order valence-corrected chi connectivity index (χ2v) is 9.95. The van der Waals surface area contributed by atoms with E-state index in [-0.39, 0.29) is 15.7 Å². The summed E-state index contributed by atoms with van der Waals surface area (Å²) in [5, 5.41) is 2.23. The number of pyridine rings is 1. The van der Waals surface area contributed by atoms with Crippen molar-refractivity contribution in [3.05, 3.63) is 39.7 Å². The maximum absolute atomic E-state index is 13.1. The molecule has 29 heavy (non-hydrogen) atoms. The third-order valence-electron chi connectivity index (χ3n) is 5.02. The summed E-state index contributed by atoms with van der Waals surface area (Å²) in [6.07, 6.45) is 1.69. The Morgan fingerprint density at radius 2 is 1.83 bits per heavy atom. The van der Waals surface area contributed by atoms with Crippen LogP contribution in [0.3, 0.4) is 0 Å². The number of sulfonamides is 1. The molecular weight excluding hydrogens is 436 g/mol. The van der Waals surface area contributed by atoms with E-state index < -0.39 is 10.0 Å². The summed E-state index contributed by atoms with van der Waals surface area (Å²) in [7, 11) is -3.71. The first kappa shape index (κ1) is 20.5. The molecule has 2 saturated heterocycles. The minimum Gasteiger partial charge on any atom is -0.379 e. The number of carbonyl (C=O) groups is 1. The van der Waals surface area contributed by atoms with Gasteiger partial charge in [0.25, 0.3) is 5.91 Å². The summed E-state index contributed by atoms with van der Waals surface area (Å²) in [4.78, 5) is 21.5. The predicted octanol–water partition coefficient (Wildman–Crippen LogP) is 1.78. The van der Waals surface area contributed by atoms with Gasteiger partial charge in [-0.25, -0.2) is 13.4 Å². The van der Waals surface area contributed by atoms with Crippen molar-refractivity contribution in [1.82, 2.24) is 14.2 Å². The van der Waals surface area contributed by atoms with Gasteiger partial charge in [-0.15, -0.1) is 11.3 Å². The van der Waals surface area contributed by atoms with Crippen LogP contribution in [0, 0.1) is 0 Å². The molecule has 0 unspecified atom stereocenters. The normalized spacial score (nSPS) is 18.8. The van der Waals surface area contributed by atoms with Gasteiger partial charge in [-0.3, -0.25) is 4.79 Å². The van der Waals surface area contributed by atoms with Crippen molar-refractivity contribution in [2.24, 2.45) is 0 Å². The first-order valence-electron chi connectivity index (χ1n) is 9.28. The second kappa shape index (κ2) is 8.57. The third-order valence-corrected chi connectivity index (χ3v) is 8.28. The van der Waals surface area contributed by atoms with E-state index >= 15 is 0 Å². The number of nitrogens with zero attached hydrogens (tertiary/aromatic N) is 4. The maximum Gasteiger partial charge on any atom is 0.265 e. The quantitative estimate of drug-likeness (QED) is 0.697. The first-order valence-corrected chi connectivity index (χ1v) is 12.0. The molecule has 2 aromatic heterocycles. The molecule has 2 aromatic rings. The van der Waals surface area contributed by atoms with Crippen molar-refractivity contribution in [2.45, 2.75) is 4.90 Å². The zero-order chi connectivity index (χ0) is 20.4. The average molecular weight is 457 g/mol. The van der Waals surface area contributed by atoms with Crippen LogP contribution in [0.15, 0.2) is 34.7 Å². The monoisotopic (exact) mass is 456 g/mol. The number of carbonyl (C=O) groups excluding carboxylic acids is 1. The minimum atomic E-state index is -3.71. The Labute approximate surface area is 178 Å². The van der Waals surface area contributed by atoms with Gasteiger partial charge in [-0.2, -0.15) is 4.31 Å². The van der Waals surface area contributed by atoms with Crippen LogP contribution in [0.1, 0.15) is 9.67 Å². The van der Waals surface area contributed by atoms with Gasteiger partial charge < -0.3 is 14.5 Å². The molecule has 11 heteroatoms. The number of hydrogen-bond donors (Lipinski definition) is 0. The van der Waals surface area contributed by atoms with E-state index in [0.717, 1.165) is 0 Å². The summed E-state index contributed by atoms with van der Waals surface area (Å²) in [5.74, 6) is 0.451. The van der Waals surface area contributed by atoms with E-state index in [1.807, 2.05) is 4.90 Å². The van der Waals surface area contributed by atoms with Gasteiger partial charge in [0.2, 0.25) is 10.0 Å². The van der Waals surface area contributed by atoms with Crippen LogP contribution in [0.2, 0.25) is 5.02 Å². The smallest absolute Gasteiger partial charge is 0.265 e. The van der Waals surface area contributed by atoms with Gasteiger partial charge in [-0.05, 0) is 23.6 Å². The number of aromatic nitrogens is 1. The van der Waals surface area contributed by atoms with Crippen molar-refractivity contribution in [3.8, 4) is 0 Å². The third kappa shape index (κ3) is 4.13. The molecule has 156 valence electrons. The minimum absolute atomic E-state index is 0.0876. The van der Waals surface area contributed by atoms with Gasteiger partial charge in [0.05, 0.1) is 18.2 Å². The number of morpholine rings is 1. The fraction of sp³-hybridized carbons (Fsp3) is 0.444. The topological polar surface area (TPSA) is 83.0 Å². The molecule has 2 aliphatic heterocycles. The highest BCUT2D eigenvalue weighted by atomic mass is 35.5. The molecule has 0 radical (unpaired) electrons. The van der Waals surface area contributed by atoms with Gasteiger partial charge >= 0.3 is 0 Å². The van der Waals surface area contributed by atoms with Crippen LogP contribution < -0.4 is 4.90 Å². The Hall–Kier alpha value is -1.72. The van der Waals surface area contributed by atoms with E-state index in [1.54, 1.807) is 28.6 Å². The van der Waals surface area contributed by atoms with E-state index in [9.17, 15) is 13.2 Å². The number of thiophene rings is 1. The van der Waals surface area contributed by atoms with Crippen molar-refractivity contribution in [1.29, 1.82) is 0 Å². The molecule has 2 aliphatic rings. The fourth-order valence-electron chi connectivity index (χ4n) is 3.46. The molecule has 0 bridgehead atoms. The average Bonchev–Trinajstić information content (AvgIpc) is 3.25. The van der Waals surface area contributed by atoms with Gasteiger partial charge in [0.15, 0.2) is 0 Å². The second-order valence-electron chi connectivity index (χ2n) is 6.72. The molecule has 0 aliphatic carbocycles. The van der Waals surface area contributed by atoms with Gasteiger partial charge in [0.1, 0.15) is 15.6 Å². The summed E-state index contributed by atoms with van der Waals surface area (Å²) in [6, 6.07) is 5.08. The van der Waals surface area contributed by atoms with Crippen molar-refractivity contribution in [2.75, 3.05) is 57.4 Å². The number of amides is 1. The van der Waals surface area contributed by atoms with E-state index in [0.29, 0.717) is 63.3 Å². The van der Waals surface area contributed by atoms with E-state index in [4.69, 9.17) is 16.3 Å². The zero-order valence-corrected chi connectivity index (χ0v) is 18.0.